The van der Waals surface area contributed by atoms with Gasteiger partial charge in [-0.05, 0) is 41.3 Å². The van der Waals surface area contributed by atoms with Gasteiger partial charge in [-0.25, -0.2) is 0 Å². The number of pyridine rings is 2. The van der Waals surface area contributed by atoms with Crippen molar-refractivity contribution in [1.29, 1.82) is 0 Å². The number of amides is 1. The predicted molar refractivity (Wildman–Crippen MR) is 92.7 cm³/mol. The normalized spacial score (nSPS) is 10.8. The van der Waals surface area contributed by atoms with Gasteiger partial charge in [-0.1, -0.05) is 12.1 Å². The first kappa shape index (κ1) is 15.1. The van der Waals surface area contributed by atoms with Crippen LogP contribution in [0.4, 0.5) is 0 Å². The third kappa shape index (κ3) is 4.11. The Kier molecular flexibility index (Phi) is 4.91. The molecule has 0 saturated carbocycles. The number of aromatic nitrogens is 2. The number of carbonyl (C=O) groups excluding carboxylic acids is 1. The Morgan fingerprint density at radius 1 is 1.13 bits per heavy atom. The van der Waals surface area contributed by atoms with Crippen LogP contribution in [0.2, 0.25) is 0 Å². The second kappa shape index (κ2) is 7.47. The Morgan fingerprint density at radius 3 is 2.78 bits per heavy atom. The third-order valence-corrected chi connectivity index (χ3v) is 4.08. The number of thiophene rings is 1. The molecule has 0 fully saturated rings. The van der Waals surface area contributed by atoms with E-state index < -0.39 is 0 Å². The first-order valence-corrected chi connectivity index (χ1v) is 8.04. The standard InChI is InChI=1S/C18H15N3OS/c22-17(6-5-16-4-2-12-23-16)21-13-15-3-1-9-20-18(15)14-7-10-19-11-8-14/h1-12H,13H2,(H,21,22)/b6-5+. The van der Waals surface area contributed by atoms with Crippen molar-refractivity contribution in [3.63, 3.8) is 0 Å². The van der Waals surface area contributed by atoms with Crippen LogP contribution in [0.15, 0.2) is 66.4 Å². The summed E-state index contributed by atoms with van der Waals surface area (Å²) in [5.41, 5.74) is 2.81. The summed E-state index contributed by atoms with van der Waals surface area (Å²) in [6.45, 7) is 0.430. The molecule has 0 spiro atoms. The molecule has 0 bridgehead atoms. The molecule has 0 unspecified atom stereocenters. The molecule has 23 heavy (non-hydrogen) atoms. The Labute approximate surface area is 138 Å². The number of carbonyl (C=O) groups is 1. The van der Waals surface area contributed by atoms with Crippen molar-refractivity contribution in [2.24, 2.45) is 0 Å². The second-order valence-corrected chi connectivity index (χ2v) is 5.79. The van der Waals surface area contributed by atoms with Gasteiger partial charge in [0.2, 0.25) is 5.91 Å². The summed E-state index contributed by atoms with van der Waals surface area (Å²) in [5.74, 6) is -0.122. The van der Waals surface area contributed by atoms with Gasteiger partial charge in [0.1, 0.15) is 0 Å². The molecule has 5 heteroatoms. The molecule has 0 aliphatic rings. The van der Waals surface area contributed by atoms with E-state index in [2.05, 4.69) is 15.3 Å². The number of hydrogen-bond acceptors (Lipinski definition) is 4. The van der Waals surface area contributed by atoms with E-state index in [1.165, 1.54) is 0 Å². The predicted octanol–water partition coefficient (Wildman–Crippen LogP) is 3.53. The van der Waals surface area contributed by atoms with Gasteiger partial charge in [-0.3, -0.25) is 14.8 Å². The maximum absolute atomic E-state index is 11.9. The van der Waals surface area contributed by atoms with E-state index in [9.17, 15) is 4.79 Å². The average molecular weight is 321 g/mol. The van der Waals surface area contributed by atoms with Gasteiger partial charge in [0.25, 0.3) is 0 Å². The van der Waals surface area contributed by atoms with E-state index in [0.717, 1.165) is 21.7 Å². The van der Waals surface area contributed by atoms with Crippen molar-refractivity contribution in [1.82, 2.24) is 15.3 Å². The average Bonchev–Trinajstić information content (AvgIpc) is 3.13. The Morgan fingerprint density at radius 2 is 2.00 bits per heavy atom. The van der Waals surface area contributed by atoms with E-state index in [1.807, 2.05) is 47.9 Å². The number of rotatable bonds is 5. The molecular formula is C18H15N3OS. The minimum atomic E-state index is -0.122. The number of hydrogen-bond donors (Lipinski definition) is 1. The van der Waals surface area contributed by atoms with Crippen molar-refractivity contribution < 1.29 is 4.79 Å². The SMILES string of the molecule is O=C(/C=C/c1cccs1)NCc1cccnc1-c1ccncc1. The maximum Gasteiger partial charge on any atom is 0.244 e. The topological polar surface area (TPSA) is 54.9 Å². The van der Waals surface area contributed by atoms with Crippen LogP contribution < -0.4 is 5.32 Å². The summed E-state index contributed by atoms with van der Waals surface area (Å²) in [5, 5.41) is 4.88. The van der Waals surface area contributed by atoms with Crippen LogP contribution in [0.1, 0.15) is 10.4 Å². The van der Waals surface area contributed by atoms with Crippen molar-refractivity contribution in [3.05, 3.63) is 76.9 Å². The molecule has 0 aliphatic heterocycles. The molecule has 1 amide bonds. The lowest BCUT2D eigenvalue weighted by Crippen LogP contribution is -2.20. The fourth-order valence-electron chi connectivity index (χ4n) is 2.14. The first-order chi connectivity index (χ1) is 11.3. The molecule has 3 heterocycles. The maximum atomic E-state index is 11.9. The van der Waals surface area contributed by atoms with Crippen molar-refractivity contribution in [2.75, 3.05) is 0 Å². The lowest BCUT2D eigenvalue weighted by atomic mass is 10.1. The molecule has 0 atom stereocenters. The van der Waals surface area contributed by atoms with Crippen LogP contribution in [0.5, 0.6) is 0 Å². The molecule has 0 aromatic carbocycles. The summed E-state index contributed by atoms with van der Waals surface area (Å²) in [4.78, 5) is 21.4. The zero-order valence-corrected chi connectivity index (χ0v) is 13.2. The van der Waals surface area contributed by atoms with Gasteiger partial charge in [-0.15, -0.1) is 11.3 Å². The summed E-state index contributed by atoms with van der Waals surface area (Å²) in [6.07, 6.45) is 8.57. The van der Waals surface area contributed by atoms with Gasteiger partial charge in [-0.2, -0.15) is 0 Å². The van der Waals surface area contributed by atoms with E-state index in [-0.39, 0.29) is 5.91 Å². The molecule has 4 nitrogen and oxygen atoms in total. The van der Waals surface area contributed by atoms with Crippen LogP contribution >= 0.6 is 11.3 Å². The fourth-order valence-corrected chi connectivity index (χ4v) is 2.75. The van der Waals surface area contributed by atoms with Crippen LogP contribution in [0.3, 0.4) is 0 Å². The summed E-state index contributed by atoms with van der Waals surface area (Å²) >= 11 is 1.60. The second-order valence-electron chi connectivity index (χ2n) is 4.81. The van der Waals surface area contributed by atoms with E-state index in [0.29, 0.717) is 6.54 Å². The van der Waals surface area contributed by atoms with Gasteiger partial charge < -0.3 is 5.32 Å². The molecule has 0 radical (unpaired) electrons. The molecule has 114 valence electrons. The highest BCUT2D eigenvalue weighted by Crippen LogP contribution is 2.20. The molecular weight excluding hydrogens is 306 g/mol. The van der Waals surface area contributed by atoms with E-state index in [4.69, 9.17) is 0 Å². The molecule has 0 saturated heterocycles. The first-order valence-electron chi connectivity index (χ1n) is 7.16. The smallest absolute Gasteiger partial charge is 0.244 e. The highest BCUT2D eigenvalue weighted by molar-refractivity contribution is 7.10. The van der Waals surface area contributed by atoms with Crippen molar-refractivity contribution in [2.45, 2.75) is 6.54 Å². The lowest BCUT2D eigenvalue weighted by molar-refractivity contribution is -0.116. The van der Waals surface area contributed by atoms with E-state index >= 15 is 0 Å². The Bertz CT molecular complexity index is 798. The number of nitrogens with one attached hydrogen (secondary N) is 1. The monoisotopic (exact) mass is 321 g/mol. The largest absolute Gasteiger partial charge is 0.348 e. The Balaban J connectivity index is 1.68. The molecule has 3 rings (SSSR count). The molecule has 0 aliphatic carbocycles. The minimum Gasteiger partial charge on any atom is -0.348 e. The fraction of sp³-hybridized carbons (Fsp3) is 0.0556. The summed E-state index contributed by atoms with van der Waals surface area (Å²) < 4.78 is 0. The van der Waals surface area contributed by atoms with Gasteiger partial charge in [0, 0.05) is 41.7 Å². The summed E-state index contributed by atoms with van der Waals surface area (Å²) in [7, 11) is 0. The minimum absolute atomic E-state index is 0.122. The van der Waals surface area contributed by atoms with Gasteiger partial charge in [0.05, 0.1) is 5.69 Å². The van der Waals surface area contributed by atoms with Gasteiger partial charge in [0.15, 0.2) is 0 Å². The number of nitrogens with zero attached hydrogens (tertiary/aromatic N) is 2. The van der Waals surface area contributed by atoms with Crippen LogP contribution in [-0.2, 0) is 11.3 Å². The van der Waals surface area contributed by atoms with Gasteiger partial charge >= 0.3 is 0 Å². The summed E-state index contributed by atoms with van der Waals surface area (Å²) in [6, 6.07) is 11.6. The molecule has 1 N–H and O–H groups in total. The highest BCUT2D eigenvalue weighted by Gasteiger charge is 2.06. The van der Waals surface area contributed by atoms with E-state index in [1.54, 1.807) is 36.0 Å². The zero-order chi connectivity index (χ0) is 15.9. The lowest BCUT2D eigenvalue weighted by Gasteiger charge is -2.08. The molecule has 3 aromatic rings. The van der Waals surface area contributed by atoms with Crippen molar-refractivity contribution in [3.8, 4) is 11.3 Å². The third-order valence-electron chi connectivity index (χ3n) is 3.24. The Hall–Kier alpha value is -2.79. The van der Waals surface area contributed by atoms with Crippen LogP contribution in [-0.4, -0.2) is 15.9 Å². The quantitative estimate of drug-likeness (QED) is 0.731. The van der Waals surface area contributed by atoms with Crippen LogP contribution in [0, 0.1) is 0 Å². The zero-order valence-electron chi connectivity index (χ0n) is 12.3. The van der Waals surface area contributed by atoms with Crippen molar-refractivity contribution >= 4 is 23.3 Å². The van der Waals surface area contributed by atoms with Crippen LogP contribution in [0.25, 0.3) is 17.3 Å². The molecule has 3 aromatic heterocycles. The highest BCUT2D eigenvalue weighted by atomic mass is 32.1.